The Balaban J connectivity index is 2.15. The second-order valence-corrected chi connectivity index (χ2v) is 5.43. The number of pyridine rings is 1. The Labute approximate surface area is 129 Å². The van der Waals surface area contributed by atoms with E-state index in [0.29, 0.717) is 12.2 Å². The van der Waals surface area contributed by atoms with Gasteiger partial charge in [0.2, 0.25) is 0 Å². The van der Waals surface area contributed by atoms with E-state index in [2.05, 4.69) is 31.3 Å². The molecule has 21 heavy (non-hydrogen) atoms. The van der Waals surface area contributed by atoms with Crippen LogP contribution in [0.15, 0.2) is 35.1 Å². The Morgan fingerprint density at radius 1 is 1.43 bits per heavy atom. The van der Waals surface area contributed by atoms with Gasteiger partial charge in [-0.05, 0) is 41.9 Å². The molecule has 6 nitrogen and oxygen atoms in total. The van der Waals surface area contributed by atoms with Gasteiger partial charge in [-0.2, -0.15) is 9.78 Å². The van der Waals surface area contributed by atoms with Gasteiger partial charge in [0.05, 0.1) is 22.1 Å². The van der Waals surface area contributed by atoms with Gasteiger partial charge >= 0.3 is 6.03 Å². The molecule has 0 atom stereocenters. The van der Waals surface area contributed by atoms with E-state index in [1.807, 2.05) is 42.6 Å². The number of halogens is 1. The van der Waals surface area contributed by atoms with E-state index in [1.165, 1.54) is 4.68 Å². The third-order valence-electron chi connectivity index (χ3n) is 3.13. The highest BCUT2D eigenvalue weighted by molar-refractivity contribution is 9.10. The van der Waals surface area contributed by atoms with Gasteiger partial charge in [-0.3, -0.25) is 4.40 Å². The zero-order chi connectivity index (χ0) is 15.0. The number of imidazole rings is 1. The molecule has 3 aromatic heterocycles. The average molecular weight is 348 g/mol. The second kappa shape index (κ2) is 5.33. The van der Waals surface area contributed by atoms with Gasteiger partial charge in [0.15, 0.2) is 0 Å². The molecule has 1 N–H and O–H groups in total. The van der Waals surface area contributed by atoms with Crippen LogP contribution in [-0.4, -0.2) is 31.7 Å². The third-order valence-corrected chi connectivity index (χ3v) is 3.71. The van der Waals surface area contributed by atoms with Crippen LogP contribution in [0.25, 0.3) is 17.0 Å². The molecule has 0 saturated heterocycles. The molecule has 0 aliphatic heterocycles. The van der Waals surface area contributed by atoms with Gasteiger partial charge in [0.1, 0.15) is 11.3 Å². The Morgan fingerprint density at radius 2 is 2.24 bits per heavy atom. The smallest absolute Gasteiger partial charge is 0.336 e. The van der Waals surface area contributed by atoms with Gasteiger partial charge < -0.3 is 5.32 Å². The summed E-state index contributed by atoms with van der Waals surface area (Å²) in [6.07, 6.45) is 3.59. The van der Waals surface area contributed by atoms with E-state index in [4.69, 9.17) is 0 Å². The van der Waals surface area contributed by atoms with E-state index in [1.54, 1.807) is 6.20 Å². The van der Waals surface area contributed by atoms with E-state index in [9.17, 15) is 4.79 Å². The number of carbonyl (C=O) groups excluding carboxylic acids is 1. The van der Waals surface area contributed by atoms with Crippen LogP contribution in [0.1, 0.15) is 12.6 Å². The van der Waals surface area contributed by atoms with E-state index >= 15 is 0 Å². The van der Waals surface area contributed by atoms with Crippen LogP contribution in [0.5, 0.6) is 0 Å². The van der Waals surface area contributed by atoms with Crippen LogP contribution in [0.4, 0.5) is 4.79 Å². The highest BCUT2D eigenvalue weighted by Crippen LogP contribution is 2.29. The van der Waals surface area contributed by atoms with Crippen molar-refractivity contribution >= 4 is 27.6 Å². The largest absolute Gasteiger partial charge is 0.342 e. The molecule has 108 valence electrons. The summed E-state index contributed by atoms with van der Waals surface area (Å²) in [5.74, 6) is 0. The summed E-state index contributed by atoms with van der Waals surface area (Å²) >= 11 is 3.47. The topological polar surface area (TPSA) is 64.2 Å². The predicted molar refractivity (Wildman–Crippen MR) is 83.3 cm³/mol. The van der Waals surface area contributed by atoms with Crippen molar-refractivity contribution in [2.75, 3.05) is 6.54 Å². The molecule has 0 radical (unpaired) electrons. The summed E-state index contributed by atoms with van der Waals surface area (Å²) < 4.78 is 4.01. The molecular formula is C14H14BrN5O. The van der Waals surface area contributed by atoms with Crippen LogP contribution in [-0.2, 0) is 0 Å². The van der Waals surface area contributed by atoms with Gasteiger partial charge in [0, 0.05) is 12.7 Å². The highest BCUT2D eigenvalue weighted by Gasteiger charge is 2.18. The zero-order valence-corrected chi connectivity index (χ0v) is 13.3. The van der Waals surface area contributed by atoms with Crippen molar-refractivity contribution in [3.8, 4) is 11.4 Å². The van der Waals surface area contributed by atoms with Crippen molar-refractivity contribution in [1.82, 2.24) is 24.5 Å². The fraction of sp³-hybridized carbons (Fsp3) is 0.214. The summed E-state index contributed by atoms with van der Waals surface area (Å²) in [5.41, 5.74) is 3.28. The molecule has 0 spiro atoms. The third kappa shape index (κ3) is 2.33. The molecule has 3 aromatic rings. The molecule has 0 aliphatic rings. The lowest BCUT2D eigenvalue weighted by Crippen LogP contribution is -2.28. The number of rotatable bonds is 2. The summed E-state index contributed by atoms with van der Waals surface area (Å²) in [4.78, 5) is 16.4. The van der Waals surface area contributed by atoms with Crippen molar-refractivity contribution in [2.45, 2.75) is 13.8 Å². The number of fused-ring (bicyclic) bond motifs is 1. The monoisotopic (exact) mass is 347 g/mol. The Kier molecular flexibility index (Phi) is 3.50. The maximum atomic E-state index is 11.9. The molecular weight excluding hydrogens is 334 g/mol. The molecule has 0 saturated carbocycles. The number of hydrogen-bond acceptors (Lipinski definition) is 3. The van der Waals surface area contributed by atoms with Gasteiger partial charge in [-0.25, -0.2) is 9.78 Å². The fourth-order valence-electron chi connectivity index (χ4n) is 2.25. The number of nitrogens with zero attached hydrogens (tertiary/aromatic N) is 4. The lowest BCUT2D eigenvalue weighted by Gasteiger charge is -2.01. The molecule has 7 heteroatoms. The fourth-order valence-corrected chi connectivity index (χ4v) is 2.71. The van der Waals surface area contributed by atoms with Crippen molar-refractivity contribution in [1.29, 1.82) is 0 Å². The van der Waals surface area contributed by atoms with Crippen LogP contribution < -0.4 is 5.32 Å². The van der Waals surface area contributed by atoms with E-state index in [0.717, 1.165) is 21.5 Å². The molecule has 0 aromatic carbocycles. The van der Waals surface area contributed by atoms with Crippen molar-refractivity contribution in [2.24, 2.45) is 0 Å². The Morgan fingerprint density at radius 3 is 3.00 bits per heavy atom. The van der Waals surface area contributed by atoms with Crippen LogP contribution in [0.2, 0.25) is 0 Å². The van der Waals surface area contributed by atoms with Crippen molar-refractivity contribution < 1.29 is 4.79 Å². The maximum absolute atomic E-state index is 11.9. The number of aryl methyl sites for hydroxylation is 1. The summed E-state index contributed by atoms with van der Waals surface area (Å²) in [7, 11) is 0. The van der Waals surface area contributed by atoms with Crippen molar-refractivity contribution in [3.05, 3.63) is 40.8 Å². The number of aromatic nitrogens is 4. The summed E-state index contributed by atoms with van der Waals surface area (Å²) in [6.45, 7) is 4.35. The van der Waals surface area contributed by atoms with Crippen LogP contribution in [0.3, 0.4) is 0 Å². The van der Waals surface area contributed by atoms with Gasteiger partial charge in [-0.1, -0.05) is 6.07 Å². The quantitative estimate of drug-likeness (QED) is 0.775. The Hall–Kier alpha value is -2.15. The maximum Gasteiger partial charge on any atom is 0.342 e. The molecule has 0 bridgehead atoms. The first kappa shape index (κ1) is 13.8. The lowest BCUT2D eigenvalue weighted by molar-refractivity contribution is 0.240. The standard InChI is InChI=1S/C14H14BrN5O/c1-3-16-14(21)20-8-10(15)12(18-20)13-9(2)17-11-6-4-5-7-19(11)13/h4-8H,3H2,1-2H3,(H,16,21). The van der Waals surface area contributed by atoms with Crippen LogP contribution in [0, 0.1) is 6.92 Å². The first-order valence-corrected chi connectivity index (χ1v) is 7.38. The second-order valence-electron chi connectivity index (χ2n) is 4.58. The van der Waals surface area contributed by atoms with Gasteiger partial charge in [-0.15, -0.1) is 0 Å². The molecule has 0 aliphatic carbocycles. The van der Waals surface area contributed by atoms with E-state index in [-0.39, 0.29) is 6.03 Å². The minimum atomic E-state index is -0.254. The minimum Gasteiger partial charge on any atom is -0.336 e. The number of carbonyl (C=O) groups is 1. The SMILES string of the molecule is CCNC(=O)n1cc(Br)c(-c2c(C)nc3ccccn23)n1. The average Bonchev–Trinajstić information content (AvgIpc) is 2.98. The zero-order valence-electron chi connectivity index (χ0n) is 11.7. The summed E-state index contributed by atoms with van der Waals surface area (Å²) in [5, 5.41) is 7.10. The highest BCUT2D eigenvalue weighted by atomic mass is 79.9. The number of amides is 1. The molecule has 0 unspecified atom stereocenters. The molecule has 3 heterocycles. The first-order valence-electron chi connectivity index (χ1n) is 6.59. The first-order chi connectivity index (χ1) is 10.1. The molecule has 3 rings (SSSR count). The normalized spacial score (nSPS) is 11.0. The minimum absolute atomic E-state index is 0.254. The molecule has 0 fully saturated rings. The number of nitrogens with one attached hydrogen (secondary N) is 1. The van der Waals surface area contributed by atoms with Crippen LogP contribution >= 0.6 is 15.9 Å². The lowest BCUT2D eigenvalue weighted by atomic mass is 10.2. The number of hydrogen-bond donors (Lipinski definition) is 1. The molecule has 1 amide bonds. The van der Waals surface area contributed by atoms with E-state index < -0.39 is 0 Å². The Bertz CT molecular complexity index is 820. The van der Waals surface area contributed by atoms with Crippen molar-refractivity contribution in [3.63, 3.8) is 0 Å². The summed E-state index contributed by atoms with van der Waals surface area (Å²) in [6, 6.07) is 5.56. The predicted octanol–water partition coefficient (Wildman–Crippen LogP) is 2.85. The van der Waals surface area contributed by atoms with Gasteiger partial charge in [0.25, 0.3) is 0 Å².